The van der Waals surface area contributed by atoms with E-state index in [9.17, 15) is 4.79 Å². The molecule has 0 aliphatic carbocycles. The van der Waals surface area contributed by atoms with E-state index in [1.54, 1.807) is 0 Å². The van der Waals surface area contributed by atoms with Gasteiger partial charge in [0, 0.05) is 6.54 Å². The lowest BCUT2D eigenvalue weighted by atomic mass is 10.1. The van der Waals surface area contributed by atoms with Crippen LogP contribution in [-0.4, -0.2) is 40.8 Å². The van der Waals surface area contributed by atoms with Crippen LogP contribution in [0, 0.1) is 0 Å². The van der Waals surface area contributed by atoms with E-state index in [1.165, 1.54) is 19.1 Å². The Morgan fingerprint density at radius 1 is 1.33 bits per heavy atom. The van der Waals surface area contributed by atoms with Crippen LogP contribution in [0.2, 0.25) is 0 Å². The molecule has 2 atom stereocenters. The van der Waals surface area contributed by atoms with Gasteiger partial charge < -0.3 is 14.8 Å². The van der Waals surface area contributed by atoms with Gasteiger partial charge in [-0.3, -0.25) is 4.79 Å². The molecule has 156 valence electrons. The average molecular weight is 406 g/mol. The minimum Gasteiger partial charge on any atom is -0.340 e. The number of aryl methyl sites for hydroxylation is 1. The predicted octanol–water partition coefficient (Wildman–Crippen LogP) is 4.14. The summed E-state index contributed by atoms with van der Waals surface area (Å²) in [6, 6.07) is 15.0. The van der Waals surface area contributed by atoms with Gasteiger partial charge in [-0.25, -0.2) is 9.98 Å². The van der Waals surface area contributed by atoms with E-state index in [4.69, 9.17) is 9.87 Å². The number of benzene rings is 2. The normalized spacial score (nSPS) is 17.7. The highest BCUT2D eigenvalue weighted by atomic mass is 17.2. The topological polar surface area (TPSA) is 79.8 Å². The van der Waals surface area contributed by atoms with Crippen molar-refractivity contribution < 1.29 is 14.6 Å². The zero-order valence-electron chi connectivity index (χ0n) is 17.2. The number of nitrogens with zero attached hydrogens (tertiary/aromatic N) is 3. The van der Waals surface area contributed by atoms with E-state index >= 15 is 0 Å². The van der Waals surface area contributed by atoms with Crippen LogP contribution in [-0.2, 0) is 21.0 Å². The van der Waals surface area contributed by atoms with Crippen molar-refractivity contribution in [2.24, 2.45) is 4.99 Å². The molecule has 2 heterocycles. The Kier molecular flexibility index (Phi) is 6.09. The van der Waals surface area contributed by atoms with Gasteiger partial charge in [0.1, 0.15) is 5.82 Å². The number of H-pyrrole nitrogens is 1. The summed E-state index contributed by atoms with van der Waals surface area (Å²) in [7, 11) is 1.40. The average Bonchev–Trinajstić information content (AvgIpc) is 3.43. The summed E-state index contributed by atoms with van der Waals surface area (Å²) in [6.07, 6.45) is 3.94. The molecular formula is C23H26N4O3. The monoisotopic (exact) mass is 406 g/mol. The highest BCUT2D eigenvalue weighted by Crippen LogP contribution is 2.34. The van der Waals surface area contributed by atoms with Crippen molar-refractivity contribution in [3.8, 4) is 0 Å². The van der Waals surface area contributed by atoms with Crippen LogP contribution in [0.4, 0.5) is 0 Å². The van der Waals surface area contributed by atoms with Crippen molar-refractivity contribution in [3.05, 3.63) is 65.5 Å². The van der Waals surface area contributed by atoms with Crippen LogP contribution in [0.3, 0.4) is 0 Å². The first kappa shape index (κ1) is 20.1. The van der Waals surface area contributed by atoms with E-state index < -0.39 is 6.04 Å². The molecule has 3 aromatic rings. The maximum Gasteiger partial charge on any atom is 0.252 e. The number of nitrogens with one attached hydrogen (secondary N) is 1. The number of amides is 1. The predicted molar refractivity (Wildman–Crippen MR) is 115 cm³/mol. The third kappa shape index (κ3) is 4.07. The fourth-order valence-electron chi connectivity index (χ4n) is 3.98. The molecule has 1 saturated heterocycles. The smallest absolute Gasteiger partial charge is 0.252 e. The van der Waals surface area contributed by atoms with Crippen LogP contribution in [0.25, 0.3) is 11.0 Å². The first-order valence-corrected chi connectivity index (χ1v) is 10.3. The third-order valence-corrected chi connectivity index (χ3v) is 5.52. The molecule has 1 aliphatic rings. The van der Waals surface area contributed by atoms with Crippen molar-refractivity contribution >= 4 is 23.3 Å². The van der Waals surface area contributed by atoms with Crippen LogP contribution in [0.5, 0.6) is 0 Å². The zero-order valence-corrected chi connectivity index (χ0v) is 17.2. The Labute approximate surface area is 175 Å². The Morgan fingerprint density at radius 3 is 2.93 bits per heavy atom. The molecule has 0 bridgehead atoms. The van der Waals surface area contributed by atoms with Gasteiger partial charge in [0.25, 0.3) is 5.91 Å². The molecule has 7 heteroatoms. The fourth-order valence-corrected chi connectivity index (χ4v) is 3.98. The highest BCUT2D eigenvalue weighted by Gasteiger charge is 2.36. The maximum atomic E-state index is 13.5. The molecule has 2 aromatic carbocycles. The summed E-state index contributed by atoms with van der Waals surface area (Å²) >= 11 is 0. The number of fused-ring (bicyclic) bond motifs is 1. The van der Waals surface area contributed by atoms with Gasteiger partial charge in [-0.1, -0.05) is 43.3 Å². The molecule has 7 nitrogen and oxygen atoms in total. The number of aliphatic imine (C=N–C) groups is 1. The van der Waals surface area contributed by atoms with Gasteiger partial charge >= 0.3 is 0 Å². The number of likely N-dealkylation sites (tertiary alicyclic amines) is 1. The SMILES string of the molecule is CCc1ccc2nc([C@@H]3CCCN3C(=O)[C@H](N=COOC)c3ccccc3)[nH]c2c1. The van der Waals surface area contributed by atoms with Gasteiger partial charge in [0.15, 0.2) is 6.04 Å². The van der Waals surface area contributed by atoms with Crippen molar-refractivity contribution in [1.82, 2.24) is 14.9 Å². The summed E-state index contributed by atoms with van der Waals surface area (Å²) in [4.78, 5) is 37.3. The standard InChI is InChI=1S/C23H26N4O3/c1-3-16-11-12-18-19(14-16)26-22(25-18)20-10-7-13-27(20)23(28)21(24-15-30-29-2)17-8-5-4-6-9-17/h4-6,8-9,11-12,14-15,20-21H,3,7,10,13H2,1-2H3,(H,25,26)/t20-,21+/m0/s1. The lowest BCUT2D eigenvalue weighted by Gasteiger charge is -2.26. The minimum absolute atomic E-state index is 0.0747. The number of hydrogen-bond donors (Lipinski definition) is 1. The molecule has 0 saturated carbocycles. The minimum atomic E-state index is -0.696. The van der Waals surface area contributed by atoms with E-state index in [0.717, 1.165) is 41.7 Å². The van der Waals surface area contributed by atoms with E-state index in [-0.39, 0.29) is 11.9 Å². The molecule has 0 radical (unpaired) electrons. The second-order valence-electron chi connectivity index (χ2n) is 7.35. The van der Waals surface area contributed by atoms with E-state index in [2.05, 4.69) is 33.9 Å². The number of aromatic nitrogens is 2. The number of carbonyl (C=O) groups is 1. The summed E-state index contributed by atoms with van der Waals surface area (Å²) in [5, 5.41) is 0. The summed E-state index contributed by atoms with van der Waals surface area (Å²) in [6.45, 7) is 2.80. The van der Waals surface area contributed by atoms with Crippen LogP contribution >= 0.6 is 0 Å². The lowest BCUT2D eigenvalue weighted by Crippen LogP contribution is -2.34. The first-order valence-electron chi connectivity index (χ1n) is 10.3. The van der Waals surface area contributed by atoms with Crippen molar-refractivity contribution in [3.63, 3.8) is 0 Å². The Bertz CT molecular complexity index is 1030. The third-order valence-electron chi connectivity index (χ3n) is 5.52. The molecule has 1 fully saturated rings. The van der Waals surface area contributed by atoms with Gasteiger partial charge in [0.2, 0.25) is 6.40 Å². The summed E-state index contributed by atoms with van der Waals surface area (Å²) in [5.41, 5.74) is 4.00. The second-order valence-corrected chi connectivity index (χ2v) is 7.35. The van der Waals surface area contributed by atoms with Crippen molar-refractivity contribution in [2.75, 3.05) is 13.7 Å². The van der Waals surface area contributed by atoms with Gasteiger partial charge in [-0.05, 0) is 42.5 Å². The van der Waals surface area contributed by atoms with E-state index in [1.807, 2.05) is 41.3 Å². The molecule has 1 aliphatic heterocycles. The van der Waals surface area contributed by atoms with E-state index in [0.29, 0.717) is 6.54 Å². The molecule has 0 spiro atoms. The van der Waals surface area contributed by atoms with Crippen LogP contribution in [0.1, 0.15) is 48.8 Å². The highest BCUT2D eigenvalue weighted by molar-refractivity contribution is 5.85. The number of carbonyl (C=O) groups excluding carboxylic acids is 1. The maximum absolute atomic E-state index is 13.5. The quantitative estimate of drug-likeness (QED) is 0.277. The molecule has 1 N–H and O–H groups in total. The second kappa shape index (κ2) is 9.09. The first-order chi connectivity index (χ1) is 14.7. The Hall–Kier alpha value is -3.19. The zero-order chi connectivity index (χ0) is 20.9. The summed E-state index contributed by atoms with van der Waals surface area (Å²) < 4.78 is 0. The summed E-state index contributed by atoms with van der Waals surface area (Å²) in [5.74, 6) is 0.752. The van der Waals surface area contributed by atoms with Crippen LogP contribution in [0.15, 0.2) is 53.5 Å². The van der Waals surface area contributed by atoms with Crippen LogP contribution < -0.4 is 0 Å². The Balaban J connectivity index is 1.63. The Morgan fingerprint density at radius 2 is 2.17 bits per heavy atom. The van der Waals surface area contributed by atoms with Crippen molar-refractivity contribution in [2.45, 2.75) is 38.3 Å². The molecule has 1 amide bonds. The number of aromatic amines is 1. The van der Waals surface area contributed by atoms with Crippen molar-refractivity contribution in [1.29, 1.82) is 0 Å². The van der Waals surface area contributed by atoms with Gasteiger partial charge in [-0.15, -0.1) is 0 Å². The van der Waals surface area contributed by atoms with Gasteiger partial charge in [-0.2, -0.15) is 4.89 Å². The molecular weight excluding hydrogens is 380 g/mol. The largest absolute Gasteiger partial charge is 0.340 e. The lowest BCUT2D eigenvalue weighted by molar-refractivity contribution is -0.188. The molecule has 4 rings (SSSR count). The molecule has 30 heavy (non-hydrogen) atoms. The molecule has 1 aromatic heterocycles. The van der Waals surface area contributed by atoms with Gasteiger partial charge in [0.05, 0.1) is 24.2 Å². The number of hydrogen-bond acceptors (Lipinski definition) is 5. The fraction of sp³-hybridized carbons (Fsp3) is 0.348. The number of imidazole rings is 1. The molecule has 0 unspecified atom stereocenters. The number of rotatable bonds is 7.